The van der Waals surface area contributed by atoms with Gasteiger partial charge in [0.25, 0.3) is 5.91 Å². The van der Waals surface area contributed by atoms with Crippen molar-refractivity contribution in [3.8, 4) is 5.82 Å². The summed E-state index contributed by atoms with van der Waals surface area (Å²) < 4.78 is 16.5. The van der Waals surface area contributed by atoms with Crippen molar-refractivity contribution in [1.29, 1.82) is 0 Å². The maximum atomic E-state index is 14.5. The molecule has 2 fully saturated rings. The van der Waals surface area contributed by atoms with E-state index in [4.69, 9.17) is 0 Å². The lowest BCUT2D eigenvalue weighted by Gasteiger charge is -2.47. The molecule has 4 heterocycles. The molecule has 3 aliphatic rings. The van der Waals surface area contributed by atoms with Crippen molar-refractivity contribution in [1.82, 2.24) is 19.4 Å². The lowest BCUT2D eigenvalue weighted by atomic mass is 9.88. The molecule has 2 amide bonds. The first-order valence-electron chi connectivity index (χ1n) is 9.95. The van der Waals surface area contributed by atoms with E-state index < -0.39 is 17.1 Å². The third-order valence-electron chi connectivity index (χ3n) is 6.43. The van der Waals surface area contributed by atoms with Crippen LogP contribution >= 0.6 is 0 Å². The fourth-order valence-corrected chi connectivity index (χ4v) is 4.62. The third kappa shape index (κ3) is 2.58. The Morgan fingerprint density at radius 3 is 2.72 bits per heavy atom. The van der Waals surface area contributed by atoms with Crippen molar-refractivity contribution in [2.45, 2.75) is 30.5 Å². The quantitative estimate of drug-likeness (QED) is 0.791. The highest BCUT2D eigenvalue weighted by molar-refractivity contribution is 5.89. The normalized spacial score (nSPS) is 23.7. The molecule has 8 heteroatoms. The average Bonchev–Trinajstić information content (AvgIpc) is 3.12. The predicted octanol–water partition coefficient (Wildman–Crippen LogP) is 1.71. The molecule has 2 aromatic heterocycles. The summed E-state index contributed by atoms with van der Waals surface area (Å²) >= 11 is 0. The molecule has 29 heavy (non-hydrogen) atoms. The zero-order valence-corrected chi connectivity index (χ0v) is 16.6. The van der Waals surface area contributed by atoms with E-state index in [1.54, 1.807) is 30.1 Å². The number of nitrogens with zero attached hydrogens (tertiary/aromatic N) is 5. The topological polar surface area (TPSA) is 61.7 Å². The number of hydrogen-bond acceptors (Lipinski definition) is 4. The van der Waals surface area contributed by atoms with Gasteiger partial charge < -0.3 is 19.3 Å². The lowest BCUT2D eigenvalue weighted by Crippen LogP contribution is -2.55. The largest absolute Gasteiger partial charge is 0.347 e. The molecule has 1 saturated heterocycles. The van der Waals surface area contributed by atoms with Crippen LogP contribution in [-0.4, -0.2) is 70.6 Å². The first-order valence-corrected chi connectivity index (χ1v) is 9.95. The summed E-state index contributed by atoms with van der Waals surface area (Å²) in [6, 6.07) is 7.78. The minimum Gasteiger partial charge on any atom is -0.347 e. The van der Waals surface area contributed by atoms with Crippen LogP contribution in [0, 0.1) is 0 Å². The number of likely N-dealkylation sites (N-methyl/N-ethyl adjacent to an activating group) is 1. The Balaban J connectivity index is 1.60. The van der Waals surface area contributed by atoms with Crippen molar-refractivity contribution in [2.24, 2.45) is 0 Å². The molecule has 1 atom stereocenters. The van der Waals surface area contributed by atoms with Gasteiger partial charge in [0.15, 0.2) is 11.5 Å². The number of carbonyl (C=O) groups excluding carboxylic acids is 2. The van der Waals surface area contributed by atoms with Crippen molar-refractivity contribution < 1.29 is 14.0 Å². The van der Waals surface area contributed by atoms with Gasteiger partial charge in [-0.15, -0.1) is 0 Å². The molecular weight excluding hydrogens is 373 g/mol. The van der Waals surface area contributed by atoms with Gasteiger partial charge in [0.05, 0.1) is 17.9 Å². The van der Waals surface area contributed by atoms with Crippen molar-refractivity contribution in [3.63, 3.8) is 0 Å². The van der Waals surface area contributed by atoms with Gasteiger partial charge >= 0.3 is 0 Å². The van der Waals surface area contributed by atoms with Crippen LogP contribution in [0.25, 0.3) is 5.82 Å². The number of likely N-dealkylation sites (tertiary alicyclic amines) is 1. The monoisotopic (exact) mass is 397 g/mol. The average molecular weight is 397 g/mol. The zero-order valence-electron chi connectivity index (χ0n) is 16.6. The number of fused-ring (bicyclic) bond motifs is 4. The van der Waals surface area contributed by atoms with E-state index >= 15 is 0 Å². The number of amides is 2. The summed E-state index contributed by atoms with van der Waals surface area (Å²) in [4.78, 5) is 35.3. The third-order valence-corrected chi connectivity index (χ3v) is 6.43. The Labute approximate surface area is 168 Å². The summed E-state index contributed by atoms with van der Waals surface area (Å²) in [5, 5.41) is 0. The number of rotatable bonds is 3. The van der Waals surface area contributed by atoms with E-state index in [2.05, 4.69) is 9.88 Å². The molecule has 7 nitrogen and oxygen atoms in total. The minimum absolute atomic E-state index is 0.0342. The second kappa shape index (κ2) is 6.05. The number of halogens is 1. The fraction of sp³-hybridized carbons (Fsp3) is 0.476. The van der Waals surface area contributed by atoms with Crippen LogP contribution in [0.15, 0.2) is 36.7 Å². The molecule has 0 N–H and O–H groups in total. The van der Waals surface area contributed by atoms with E-state index in [9.17, 15) is 14.0 Å². The molecular formula is C21H24FN5O2. The van der Waals surface area contributed by atoms with E-state index in [0.29, 0.717) is 32.4 Å². The Kier molecular flexibility index (Phi) is 3.78. The zero-order chi connectivity index (χ0) is 20.4. The predicted molar refractivity (Wildman–Crippen MR) is 106 cm³/mol. The second-order valence-electron chi connectivity index (χ2n) is 8.46. The van der Waals surface area contributed by atoms with Gasteiger partial charge in [-0.25, -0.2) is 9.37 Å². The van der Waals surface area contributed by atoms with Crippen LogP contribution in [0.2, 0.25) is 0 Å². The maximum absolute atomic E-state index is 14.5. The molecule has 2 aliphatic heterocycles. The van der Waals surface area contributed by atoms with Gasteiger partial charge in [-0.1, -0.05) is 0 Å². The molecule has 2 aromatic rings. The van der Waals surface area contributed by atoms with Gasteiger partial charge in [-0.2, -0.15) is 0 Å². The molecule has 0 aromatic carbocycles. The summed E-state index contributed by atoms with van der Waals surface area (Å²) in [6.45, 7) is 0.994. The second-order valence-corrected chi connectivity index (χ2v) is 8.46. The molecule has 1 saturated carbocycles. The Hall–Kier alpha value is -2.90. The number of hydrogen-bond donors (Lipinski definition) is 0. The molecule has 152 valence electrons. The van der Waals surface area contributed by atoms with E-state index in [1.165, 1.54) is 0 Å². The summed E-state index contributed by atoms with van der Waals surface area (Å²) in [5.74, 6) is 0.315. The number of alkyl halides is 1. The number of pyridine rings is 1. The number of aromatic nitrogens is 2. The lowest BCUT2D eigenvalue weighted by molar-refractivity contribution is -0.137. The van der Waals surface area contributed by atoms with E-state index in [0.717, 1.165) is 17.2 Å². The minimum atomic E-state index is -1.69. The molecule has 1 spiro atoms. The van der Waals surface area contributed by atoms with Gasteiger partial charge in [0.2, 0.25) is 5.91 Å². The number of anilines is 1. The molecule has 0 unspecified atom stereocenters. The molecule has 0 radical (unpaired) electrons. The van der Waals surface area contributed by atoms with Gasteiger partial charge in [0, 0.05) is 39.6 Å². The van der Waals surface area contributed by atoms with Crippen LogP contribution in [-0.2, 0) is 15.1 Å². The van der Waals surface area contributed by atoms with Gasteiger partial charge in [0.1, 0.15) is 5.54 Å². The fourth-order valence-electron chi connectivity index (χ4n) is 4.62. The van der Waals surface area contributed by atoms with Crippen molar-refractivity contribution >= 4 is 17.5 Å². The standard InChI is InChI=1S/C21H24FN5O2/c1-24(2)17(28)13-27-15-5-3-10-23-18(15)26-11-4-6-16(26)21(27)9-12-25(14-21)19(29)20(22)7-8-20/h3-6,10-11H,7-9,12-14H2,1-2H3/t21-/m0/s1. The molecule has 0 bridgehead atoms. The first-order chi connectivity index (χ1) is 13.9. The van der Waals surface area contributed by atoms with Crippen LogP contribution in [0.1, 0.15) is 25.0 Å². The van der Waals surface area contributed by atoms with Crippen molar-refractivity contribution in [3.05, 3.63) is 42.4 Å². The Morgan fingerprint density at radius 1 is 1.21 bits per heavy atom. The SMILES string of the molecule is CN(C)C(=O)CN1c2cccnc2-n2cccc2[C@@]12CCN(C(=O)C1(F)CC1)C2. The maximum Gasteiger partial charge on any atom is 0.260 e. The van der Waals surface area contributed by atoms with Crippen LogP contribution in [0.3, 0.4) is 0 Å². The van der Waals surface area contributed by atoms with Gasteiger partial charge in [-0.3, -0.25) is 9.59 Å². The van der Waals surface area contributed by atoms with Crippen LogP contribution in [0.5, 0.6) is 0 Å². The number of carbonyl (C=O) groups is 2. The Bertz CT molecular complexity index is 998. The van der Waals surface area contributed by atoms with Crippen LogP contribution in [0.4, 0.5) is 10.1 Å². The highest BCUT2D eigenvalue weighted by Gasteiger charge is 2.57. The first kappa shape index (κ1) is 18.1. The molecule has 5 rings (SSSR count). The van der Waals surface area contributed by atoms with E-state index in [1.807, 2.05) is 35.0 Å². The Morgan fingerprint density at radius 2 is 2.00 bits per heavy atom. The summed E-state index contributed by atoms with van der Waals surface area (Å²) in [5.41, 5.74) is -0.450. The van der Waals surface area contributed by atoms with Gasteiger partial charge in [-0.05, 0) is 43.5 Å². The molecule has 1 aliphatic carbocycles. The van der Waals surface area contributed by atoms with E-state index in [-0.39, 0.29) is 12.5 Å². The highest BCUT2D eigenvalue weighted by Crippen LogP contribution is 2.49. The summed E-state index contributed by atoms with van der Waals surface area (Å²) in [7, 11) is 3.46. The smallest absolute Gasteiger partial charge is 0.260 e. The highest BCUT2D eigenvalue weighted by atomic mass is 19.1. The van der Waals surface area contributed by atoms with Crippen LogP contribution < -0.4 is 4.90 Å². The van der Waals surface area contributed by atoms with Crippen molar-refractivity contribution in [2.75, 3.05) is 38.6 Å². The summed E-state index contributed by atoms with van der Waals surface area (Å²) in [6.07, 6.45) is 4.93.